The molecule has 1 saturated heterocycles. The van der Waals surface area contributed by atoms with E-state index in [0.717, 1.165) is 11.3 Å². The second-order valence-corrected chi connectivity index (χ2v) is 7.15. The number of para-hydroxylation sites is 1. The molecule has 8 nitrogen and oxygen atoms in total. The van der Waals surface area contributed by atoms with Crippen molar-refractivity contribution in [1.82, 2.24) is 10.2 Å². The molecule has 168 valence electrons. The van der Waals surface area contributed by atoms with Gasteiger partial charge in [0.2, 0.25) is 5.91 Å². The van der Waals surface area contributed by atoms with E-state index in [1.165, 1.54) is 31.4 Å². The molecule has 0 aliphatic carbocycles. The molecule has 1 aliphatic heterocycles. The van der Waals surface area contributed by atoms with Crippen LogP contribution in [0.15, 0.2) is 48.2 Å². The quantitative estimate of drug-likeness (QED) is 0.483. The Morgan fingerprint density at radius 1 is 1.22 bits per heavy atom. The normalized spacial score (nSPS) is 15.5. The van der Waals surface area contributed by atoms with Crippen LogP contribution in [0.4, 0.5) is 14.9 Å². The van der Waals surface area contributed by atoms with Crippen LogP contribution in [0.25, 0.3) is 6.08 Å². The van der Waals surface area contributed by atoms with Crippen LogP contribution in [-0.4, -0.2) is 42.5 Å². The van der Waals surface area contributed by atoms with Crippen LogP contribution in [0, 0.1) is 5.82 Å². The van der Waals surface area contributed by atoms with Crippen LogP contribution in [0.5, 0.6) is 11.5 Å². The molecule has 0 unspecified atom stereocenters. The topological polar surface area (TPSA) is 97.0 Å². The summed E-state index contributed by atoms with van der Waals surface area (Å²) in [6.45, 7) is 3.40. The van der Waals surface area contributed by atoms with Gasteiger partial charge < -0.3 is 20.1 Å². The average Bonchev–Trinajstić information content (AvgIpc) is 3.03. The van der Waals surface area contributed by atoms with Gasteiger partial charge in [0.1, 0.15) is 18.1 Å². The second kappa shape index (κ2) is 9.95. The van der Waals surface area contributed by atoms with Crippen LogP contribution in [0.2, 0.25) is 0 Å². The molecule has 1 fully saturated rings. The summed E-state index contributed by atoms with van der Waals surface area (Å²) >= 11 is 0. The van der Waals surface area contributed by atoms with Gasteiger partial charge in [-0.2, -0.15) is 0 Å². The highest BCUT2D eigenvalue weighted by atomic mass is 19.1. The zero-order chi connectivity index (χ0) is 23.3. The fourth-order valence-electron chi connectivity index (χ4n) is 2.95. The van der Waals surface area contributed by atoms with Crippen molar-refractivity contribution in [3.8, 4) is 11.5 Å². The minimum Gasteiger partial charge on any atom is -0.493 e. The maximum atomic E-state index is 13.7. The summed E-state index contributed by atoms with van der Waals surface area (Å²) in [6, 6.07) is 9.99. The van der Waals surface area contributed by atoms with Gasteiger partial charge in [0.15, 0.2) is 11.5 Å². The van der Waals surface area contributed by atoms with Gasteiger partial charge in [-0.25, -0.2) is 14.1 Å². The van der Waals surface area contributed by atoms with E-state index in [-0.39, 0.29) is 17.5 Å². The van der Waals surface area contributed by atoms with Gasteiger partial charge in [-0.3, -0.25) is 9.59 Å². The van der Waals surface area contributed by atoms with Crippen molar-refractivity contribution in [3.63, 3.8) is 0 Å². The lowest BCUT2D eigenvalue weighted by atomic mass is 10.1. The Morgan fingerprint density at radius 2 is 1.97 bits per heavy atom. The first-order valence-electron chi connectivity index (χ1n) is 10.1. The highest BCUT2D eigenvalue weighted by molar-refractivity contribution is 6.15. The Bertz CT molecular complexity index is 1070. The maximum absolute atomic E-state index is 13.7. The van der Waals surface area contributed by atoms with Gasteiger partial charge in [0.05, 0.1) is 18.9 Å². The molecule has 4 amide bonds. The number of imide groups is 1. The fourth-order valence-corrected chi connectivity index (χ4v) is 2.95. The number of rotatable bonds is 8. The number of anilines is 1. The van der Waals surface area contributed by atoms with Gasteiger partial charge in [-0.1, -0.05) is 25.1 Å². The van der Waals surface area contributed by atoms with Crippen LogP contribution >= 0.6 is 0 Å². The molecule has 32 heavy (non-hydrogen) atoms. The number of nitrogens with one attached hydrogen (secondary N) is 2. The molecule has 0 saturated carbocycles. The number of amides is 4. The number of methoxy groups -OCH3 is 1. The predicted molar refractivity (Wildman–Crippen MR) is 117 cm³/mol. The smallest absolute Gasteiger partial charge is 0.329 e. The van der Waals surface area contributed by atoms with Crippen molar-refractivity contribution in [3.05, 3.63) is 59.5 Å². The number of hydrogen-bond donors (Lipinski definition) is 2. The lowest BCUT2D eigenvalue weighted by molar-refractivity contribution is -0.127. The minimum absolute atomic E-state index is 0.00587. The summed E-state index contributed by atoms with van der Waals surface area (Å²) in [6.07, 6.45) is 2.31. The Hall–Kier alpha value is -3.88. The zero-order valence-electron chi connectivity index (χ0n) is 18.0. The average molecular weight is 441 g/mol. The standard InChI is InChI=1S/C23H24FN3O5/c1-4-14(2)32-19-10-9-15(12-20(19)31-3)11-18-22(29)27(23(30)26-18)13-21(28)25-17-8-6-5-7-16(17)24/h5-12,14H,4,13H2,1-3H3,(H,25,28)(H,26,30)/b18-11+/t14-/m1/s1. The summed E-state index contributed by atoms with van der Waals surface area (Å²) in [5.74, 6) is -0.936. The SMILES string of the molecule is CC[C@@H](C)Oc1ccc(/C=C2/NC(=O)N(CC(=O)Nc3ccccc3F)C2=O)cc1OC. The number of halogens is 1. The lowest BCUT2D eigenvalue weighted by Gasteiger charge is -2.15. The molecular formula is C23H24FN3O5. The molecule has 3 rings (SSSR count). The third-order valence-corrected chi connectivity index (χ3v) is 4.81. The number of carbonyl (C=O) groups excluding carboxylic acids is 3. The number of urea groups is 1. The van der Waals surface area contributed by atoms with E-state index < -0.39 is 30.2 Å². The Kier molecular flexibility index (Phi) is 7.09. The lowest BCUT2D eigenvalue weighted by Crippen LogP contribution is -2.38. The maximum Gasteiger partial charge on any atom is 0.329 e. The molecule has 9 heteroatoms. The molecule has 1 aliphatic rings. The van der Waals surface area contributed by atoms with E-state index in [4.69, 9.17) is 9.47 Å². The van der Waals surface area contributed by atoms with E-state index in [1.807, 2.05) is 13.8 Å². The van der Waals surface area contributed by atoms with Gasteiger partial charge in [-0.15, -0.1) is 0 Å². The first kappa shape index (κ1) is 22.8. The first-order valence-corrected chi connectivity index (χ1v) is 10.1. The monoisotopic (exact) mass is 441 g/mol. The molecule has 1 atom stereocenters. The molecule has 1 heterocycles. The predicted octanol–water partition coefficient (Wildman–Crippen LogP) is 3.54. The van der Waals surface area contributed by atoms with Crippen molar-refractivity contribution < 1.29 is 28.2 Å². The molecule has 0 radical (unpaired) electrons. The van der Waals surface area contributed by atoms with Crippen molar-refractivity contribution >= 4 is 29.6 Å². The van der Waals surface area contributed by atoms with Crippen LogP contribution in [0.1, 0.15) is 25.8 Å². The minimum atomic E-state index is -0.742. The second-order valence-electron chi connectivity index (χ2n) is 7.15. The summed E-state index contributed by atoms with van der Waals surface area (Å²) in [4.78, 5) is 37.8. The molecule has 2 aromatic rings. The van der Waals surface area contributed by atoms with E-state index >= 15 is 0 Å². The summed E-state index contributed by atoms with van der Waals surface area (Å²) in [5.41, 5.74) is 0.568. The molecule has 2 N–H and O–H groups in total. The Morgan fingerprint density at radius 3 is 2.66 bits per heavy atom. The summed E-state index contributed by atoms with van der Waals surface area (Å²) in [5, 5.41) is 4.80. The Balaban J connectivity index is 1.72. The first-order chi connectivity index (χ1) is 15.3. The highest BCUT2D eigenvalue weighted by Crippen LogP contribution is 2.30. The van der Waals surface area contributed by atoms with E-state index in [2.05, 4.69) is 10.6 Å². The van der Waals surface area contributed by atoms with Gasteiger partial charge in [-0.05, 0) is 49.2 Å². The van der Waals surface area contributed by atoms with Crippen molar-refractivity contribution in [2.24, 2.45) is 0 Å². The number of benzene rings is 2. The zero-order valence-corrected chi connectivity index (χ0v) is 18.0. The van der Waals surface area contributed by atoms with Gasteiger partial charge in [0.25, 0.3) is 5.91 Å². The summed E-state index contributed by atoms with van der Waals surface area (Å²) in [7, 11) is 1.51. The van der Waals surface area contributed by atoms with Crippen molar-refractivity contribution in [1.29, 1.82) is 0 Å². The third kappa shape index (κ3) is 5.23. The van der Waals surface area contributed by atoms with E-state index in [1.54, 1.807) is 24.3 Å². The van der Waals surface area contributed by atoms with E-state index in [9.17, 15) is 18.8 Å². The molecular weight excluding hydrogens is 417 g/mol. The number of carbonyl (C=O) groups is 3. The van der Waals surface area contributed by atoms with Crippen LogP contribution in [-0.2, 0) is 9.59 Å². The van der Waals surface area contributed by atoms with Crippen molar-refractivity contribution in [2.45, 2.75) is 26.4 Å². The van der Waals surface area contributed by atoms with Crippen LogP contribution < -0.4 is 20.1 Å². The van der Waals surface area contributed by atoms with E-state index in [0.29, 0.717) is 17.1 Å². The number of ether oxygens (including phenoxy) is 2. The molecule has 0 spiro atoms. The molecule has 0 aromatic heterocycles. The van der Waals surface area contributed by atoms with Crippen molar-refractivity contribution in [2.75, 3.05) is 19.0 Å². The largest absolute Gasteiger partial charge is 0.493 e. The highest BCUT2D eigenvalue weighted by Gasteiger charge is 2.35. The van der Waals surface area contributed by atoms with Gasteiger partial charge in [0, 0.05) is 0 Å². The molecule has 0 bridgehead atoms. The third-order valence-electron chi connectivity index (χ3n) is 4.81. The Labute approximate surface area is 185 Å². The summed E-state index contributed by atoms with van der Waals surface area (Å²) < 4.78 is 24.9. The van der Waals surface area contributed by atoms with Crippen LogP contribution in [0.3, 0.4) is 0 Å². The molecule has 2 aromatic carbocycles. The van der Waals surface area contributed by atoms with Gasteiger partial charge >= 0.3 is 6.03 Å². The number of nitrogens with zero attached hydrogens (tertiary/aromatic N) is 1. The number of hydrogen-bond acceptors (Lipinski definition) is 5. The fraction of sp³-hybridized carbons (Fsp3) is 0.261.